The van der Waals surface area contributed by atoms with Crippen molar-refractivity contribution in [3.8, 4) is 5.88 Å². The Bertz CT molecular complexity index is 418. The average molecular weight is 290 g/mol. The topological polar surface area (TPSA) is 34.1 Å². The third-order valence-corrected chi connectivity index (χ3v) is 5.14. The Morgan fingerprint density at radius 3 is 2.67 bits per heavy atom. The van der Waals surface area contributed by atoms with Crippen LogP contribution in [0.25, 0.3) is 0 Å². The predicted octanol–water partition coefficient (Wildman–Crippen LogP) is 3.68. The number of rotatable bonds is 6. The summed E-state index contributed by atoms with van der Waals surface area (Å²) >= 11 is 0. The van der Waals surface area contributed by atoms with E-state index in [1.165, 1.54) is 24.8 Å². The van der Waals surface area contributed by atoms with Gasteiger partial charge in [0.25, 0.3) is 0 Å². The Labute approximate surface area is 129 Å². The number of nitrogens with one attached hydrogen (secondary N) is 1. The van der Waals surface area contributed by atoms with Gasteiger partial charge in [-0.05, 0) is 49.1 Å². The van der Waals surface area contributed by atoms with Crippen molar-refractivity contribution in [1.29, 1.82) is 0 Å². The molecule has 1 N–H and O–H groups in total. The molecule has 2 rings (SSSR count). The minimum absolute atomic E-state index is 0.570. The van der Waals surface area contributed by atoms with Gasteiger partial charge >= 0.3 is 0 Å². The van der Waals surface area contributed by atoms with E-state index in [4.69, 9.17) is 4.74 Å². The first-order chi connectivity index (χ1) is 10.1. The lowest BCUT2D eigenvalue weighted by Gasteiger charge is -2.37. The first-order valence-corrected chi connectivity index (χ1v) is 8.36. The third kappa shape index (κ3) is 4.44. The van der Waals surface area contributed by atoms with Crippen LogP contribution in [0, 0.1) is 17.8 Å². The van der Waals surface area contributed by atoms with Crippen LogP contribution in [0.5, 0.6) is 5.88 Å². The van der Waals surface area contributed by atoms with E-state index in [0.29, 0.717) is 11.9 Å². The number of ether oxygens (including phenoxy) is 1. The van der Waals surface area contributed by atoms with Gasteiger partial charge < -0.3 is 10.1 Å². The molecule has 1 aromatic rings. The van der Waals surface area contributed by atoms with E-state index >= 15 is 0 Å². The van der Waals surface area contributed by atoms with Crippen molar-refractivity contribution >= 4 is 0 Å². The first kappa shape index (κ1) is 16.3. The van der Waals surface area contributed by atoms with Gasteiger partial charge in [-0.25, -0.2) is 4.98 Å². The predicted molar refractivity (Wildman–Crippen MR) is 87.6 cm³/mol. The molecular weight excluding hydrogens is 260 g/mol. The molecule has 0 aliphatic heterocycles. The van der Waals surface area contributed by atoms with E-state index in [1.54, 1.807) is 7.11 Å². The number of methoxy groups -OCH3 is 1. The lowest BCUT2D eigenvalue weighted by Crippen LogP contribution is -2.41. The van der Waals surface area contributed by atoms with Crippen LogP contribution in [0.4, 0.5) is 0 Å². The second kappa shape index (κ2) is 7.79. The molecule has 0 aromatic carbocycles. The number of hydrogen-bond acceptors (Lipinski definition) is 3. The van der Waals surface area contributed by atoms with E-state index in [0.717, 1.165) is 30.7 Å². The fourth-order valence-electron chi connectivity index (χ4n) is 3.53. The van der Waals surface area contributed by atoms with Gasteiger partial charge in [0.15, 0.2) is 0 Å². The average Bonchev–Trinajstić information content (AvgIpc) is 2.50. The molecule has 118 valence electrons. The molecule has 1 heterocycles. The summed E-state index contributed by atoms with van der Waals surface area (Å²) in [6, 6.07) is 4.68. The van der Waals surface area contributed by atoms with Crippen LogP contribution in [0.1, 0.15) is 45.6 Å². The van der Waals surface area contributed by atoms with Gasteiger partial charge in [-0.3, -0.25) is 0 Å². The quantitative estimate of drug-likeness (QED) is 0.867. The molecule has 3 heteroatoms. The highest BCUT2D eigenvalue weighted by atomic mass is 16.5. The Morgan fingerprint density at radius 1 is 1.29 bits per heavy atom. The van der Waals surface area contributed by atoms with Crippen molar-refractivity contribution in [1.82, 2.24) is 10.3 Å². The summed E-state index contributed by atoms with van der Waals surface area (Å²) in [4.78, 5) is 4.33. The molecule has 0 saturated heterocycles. The molecule has 4 atom stereocenters. The Balaban J connectivity index is 2.00. The lowest BCUT2D eigenvalue weighted by molar-refractivity contribution is 0.171. The van der Waals surface area contributed by atoms with Crippen LogP contribution in [0.15, 0.2) is 18.3 Å². The van der Waals surface area contributed by atoms with E-state index < -0.39 is 0 Å². The van der Waals surface area contributed by atoms with Crippen LogP contribution >= 0.6 is 0 Å². The standard InChI is InChI=1S/C18H30N2O/c1-5-19-17(16-8-6-13(2)14(3)10-16)11-15-7-9-18(21-4)20-12-15/h7,9,12-14,16-17,19H,5-6,8,10-11H2,1-4H3. The van der Waals surface area contributed by atoms with Crippen LogP contribution in [0.3, 0.4) is 0 Å². The molecular formula is C18H30N2O. The fraction of sp³-hybridized carbons (Fsp3) is 0.722. The maximum Gasteiger partial charge on any atom is 0.212 e. The summed E-state index contributed by atoms with van der Waals surface area (Å²) in [6.07, 6.45) is 7.10. The summed E-state index contributed by atoms with van der Waals surface area (Å²) in [6.45, 7) is 8.05. The Kier molecular flexibility index (Phi) is 6.04. The molecule has 21 heavy (non-hydrogen) atoms. The second-order valence-corrected chi connectivity index (χ2v) is 6.60. The molecule has 0 spiro atoms. The fourth-order valence-corrected chi connectivity index (χ4v) is 3.53. The SMILES string of the molecule is CCNC(Cc1ccc(OC)nc1)C1CCC(C)C(C)C1. The van der Waals surface area contributed by atoms with Crippen LogP contribution in [-0.2, 0) is 6.42 Å². The summed E-state index contributed by atoms with van der Waals surface area (Å²) in [5.74, 6) is 3.21. The summed E-state index contributed by atoms with van der Waals surface area (Å²) in [7, 11) is 1.66. The number of hydrogen-bond donors (Lipinski definition) is 1. The summed E-state index contributed by atoms with van der Waals surface area (Å²) in [5.41, 5.74) is 1.30. The van der Waals surface area contributed by atoms with Crippen molar-refractivity contribution in [3.63, 3.8) is 0 Å². The highest BCUT2D eigenvalue weighted by molar-refractivity contribution is 5.18. The lowest BCUT2D eigenvalue weighted by atomic mass is 9.72. The molecule has 1 aliphatic carbocycles. The van der Waals surface area contributed by atoms with Crippen LogP contribution < -0.4 is 10.1 Å². The van der Waals surface area contributed by atoms with Gasteiger partial charge in [-0.1, -0.05) is 33.3 Å². The Hall–Kier alpha value is -1.09. The maximum absolute atomic E-state index is 5.14. The van der Waals surface area contributed by atoms with Crippen molar-refractivity contribution in [2.24, 2.45) is 17.8 Å². The molecule has 0 bridgehead atoms. The zero-order valence-corrected chi connectivity index (χ0v) is 13.9. The minimum atomic E-state index is 0.570. The molecule has 1 aromatic heterocycles. The molecule has 0 radical (unpaired) electrons. The zero-order valence-electron chi connectivity index (χ0n) is 13.9. The van der Waals surface area contributed by atoms with E-state index in [9.17, 15) is 0 Å². The number of pyridine rings is 1. The van der Waals surface area contributed by atoms with Crippen molar-refractivity contribution in [3.05, 3.63) is 23.9 Å². The molecule has 1 aliphatic rings. The molecule has 4 unspecified atom stereocenters. The van der Waals surface area contributed by atoms with Crippen LogP contribution in [-0.4, -0.2) is 24.7 Å². The van der Waals surface area contributed by atoms with Crippen molar-refractivity contribution < 1.29 is 4.74 Å². The molecule has 0 amide bonds. The zero-order chi connectivity index (χ0) is 15.2. The highest BCUT2D eigenvalue weighted by Crippen LogP contribution is 2.35. The van der Waals surface area contributed by atoms with Gasteiger partial charge in [-0.2, -0.15) is 0 Å². The summed E-state index contributed by atoms with van der Waals surface area (Å²) < 4.78 is 5.14. The van der Waals surface area contributed by atoms with Crippen molar-refractivity contribution in [2.75, 3.05) is 13.7 Å². The van der Waals surface area contributed by atoms with E-state index in [-0.39, 0.29) is 0 Å². The van der Waals surface area contributed by atoms with Gasteiger partial charge in [0.05, 0.1) is 7.11 Å². The largest absolute Gasteiger partial charge is 0.481 e. The maximum atomic E-state index is 5.14. The summed E-state index contributed by atoms with van der Waals surface area (Å²) in [5, 5.41) is 3.71. The molecule has 1 fully saturated rings. The van der Waals surface area contributed by atoms with E-state index in [2.05, 4.69) is 37.1 Å². The minimum Gasteiger partial charge on any atom is -0.481 e. The number of aromatic nitrogens is 1. The van der Waals surface area contributed by atoms with Crippen LogP contribution in [0.2, 0.25) is 0 Å². The van der Waals surface area contributed by atoms with Gasteiger partial charge in [-0.15, -0.1) is 0 Å². The Morgan fingerprint density at radius 2 is 2.10 bits per heavy atom. The van der Waals surface area contributed by atoms with E-state index in [1.807, 2.05) is 12.3 Å². The molecule has 3 nitrogen and oxygen atoms in total. The number of likely N-dealkylation sites (N-methyl/N-ethyl adjacent to an activating group) is 1. The van der Waals surface area contributed by atoms with Gasteiger partial charge in [0, 0.05) is 18.3 Å². The normalized spacial score (nSPS) is 27.3. The van der Waals surface area contributed by atoms with Gasteiger partial charge in [0.1, 0.15) is 0 Å². The van der Waals surface area contributed by atoms with Crippen molar-refractivity contribution in [2.45, 2.75) is 52.5 Å². The molecule has 1 saturated carbocycles. The number of nitrogens with zero attached hydrogens (tertiary/aromatic N) is 1. The second-order valence-electron chi connectivity index (χ2n) is 6.60. The smallest absolute Gasteiger partial charge is 0.212 e. The van der Waals surface area contributed by atoms with Gasteiger partial charge in [0.2, 0.25) is 5.88 Å². The third-order valence-electron chi connectivity index (χ3n) is 5.14. The monoisotopic (exact) mass is 290 g/mol. The highest BCUT2D eigenvalue weighted by Gasteiger charge is 2.29. The first-order valence-electron chi connectivity index (χ1n) is 8.36.